The summed E-state index contributed by atoms with van der Waals surface area (Å²) in [5.74, 6) is -1.18. The summed E-state index contributed by atoms with van der Waals surface area (Å²) < 4.78 is 18.8. The van der Waals surface area contributed by atoms with Crippen LogP contribution in [0.5, 0.6) is 5.75 Å². The molecule has 3 N–H and O–H groups in total. The zero-order valence-electron chi connectivity index (χ0n) is 16.6. The van der Waals surface area contributed by atoms with Crippen molar-refractivity contribution in [2.75, 3.05) is 6.61 Å². The number of nitrogens with zero attached hydrogens (tertiary/aromatic N) is 2. The quantitative estimate of drug-likeness (QED) is 0.623. The minimum atomic E-state index is -0.825. The third kappa shape index (κ3) is 4.47. The Labute approximate surface area is 183 Å². The Morgan fingerprint density at radius 3 is 2.65 bits per heavy atom. The molecule has 3 aliphatic rings. The Bertz CT molecular complexity index is 983. The first-order valence-corrected chi connectivity index (χ1v) is 10.3. The predicted octanol–water partition coefficient (Wildman–Crippen LogP) is 2.01. The number of nitrogens with one attached hydrogen (secondary N) is 2. The number of hydrogen-bond acceptors (Lipinski definition) is 6. The van der Waals surface area contributed by atoms with Crippen molar-refractivity contribution in [2.45, 2.75) is 49.3 Å². The van der Waals surface area contributed by atoms with Crippen molar-refractivity contribution in [1.82, 2.24) is 20.6 Å². The average molecular weight is 449 g/mol. The average Bonchev–Trinajstić information content (AvgIpc) is 2.76. The maximum atomic E-state index is 13.5. The number of amides is 2. The summed E-state index contributed by atoms with van der Waals surface area (Å²) in [6.45, 7) is -0.315. The van der Waals surface area contributed by atoms with Crippen LogP contribution in [-0.2, 0) is 4.79 Å². The third-order valence-electron chi connectivity index (χ3n) is 6.15. The fourth-order valence-corrected chi connectivity index (χ4v) is 4.53. The highest BCUT2D eigenvalue weighted by Crippen LogP contribution is 2.47. The maximum Gasteiger partial charge on any atom is 0.271 e. The Morgan fingerprint density at radius 2 is 2.00 bits per heavy atom. The molecule has 5 rings (SSSR count). The molecular weight excluding hydrogens is 427 g/mol. The van der Waals surface area contributed by atoms with Gasteiger partial charge in [0.25, 0.3) is 11.8 Å². The van der Waals surface area contributed by atoms with Crippen LogP contribution in [-0.4, -0.2) is 50.7 Å². The van der Waals surface area contributed by atoms with E-state index in [0.717, 1.165) is 6.07 Å². The first kappa shape index (κ1) is 21.5. The van der Waals surface area contributed by atoms with Crippen molar-refractivity contribution < 1.29 is 23.8 Å². The van der Waals surface area contributed by atoms with Gasteiger partial charge in [-0.2, -0.15) is 0 Å². The van der Waals surface area contributed by atoms with E-state index in [4.69, 9.17) is 16.3 Å². The summed E-state index contributed by atoms with van der Waals surface area (Å²) in [6, 6.07) is 3.93. The molecule has 31 heavy (non-hydrogen) atoms. The van der Waals surface area contributed by atoms with Crippen molar-refractivity contribution in [1.29, 1.82) is 0 Å². The summed E-state index contributed by atoms with van der Waals surface area (Å²) in [7, 11) is 0. The van der Waals surface area contributed by atoms with E-state index in [1.165, 1.54) is 30.7 Å². The zero-order valence-corrected chi connectivity index (χ0v) is 17.4. The number of carbonyl (C=O) groups excluding carboxylic acids is 2. The SMILES string of the molecule is O=C(COc1ccc(Cl)c(F)c1)NC12CCC(NC(=O)c3cnccn3)(CC1)C[C@@H]2O. The van der Waals surface area contributed by atoms with E-state index >= 15 is 0 Å². The highest BCUT2D eigenvalue weighted by Gasteiger charge is 2.55. The van der Waals surface area contributed by atoms with Crippen LogP contribution in [0.2, 0.25) is 5.02 Å². The smallest absolute Gasteiger partial charge is 0.271 e. The monoisotopic (exact) mass is 448 g/mol. The molecule has 8 nitrogen and oxygen atoms in total. The van der Waals surface area contributed by atoms with E-state index in [2.05, 4.69) is 20.6 Å². The second kappa shape index (κ2) is 8.39. The summed E-state index contributed by atoms with van der Waals surface area (Å²) in [6.07, 6.45) is 6.07. The second-order valence-electron chi connectivity index (χ2n) is 8.11. The van der Waals surface area contributed by atoms with Crippen molar-refractivity contribution in [2.24, 2.45) is 0 Å². The second-order valence-corrected chi connectivity index (χ2v) is 8.52. The number of halogens is 2. The number of fused-ring (bicyclic) bond motifs is 3. The van der Waals surface area contributed by atoms with Gasteiger partial charge < -0.3 is 20.5 Å². The largest absolute Gasteiger partial charge is 0.484 e. The molecule has 0 spiro atoms. The molecule has 0 radical (unpaired) electrons. The number of carbonyl (C=O) groups is 2. The molecule has 2 aromatic rings. The number of benzene rings is 1. The van der Waals surface area contributed by atoms with Crippen LogP contribution < -0.4 is 15.4 Å². The van der Waals surface area contributed by atoms with E-state index in [0.29, 0.717) is 32.1 Å². The van der Waals surface area contributed by atoms with Crippen molar-refractivity contribution >= 4 is 23.4 Å². The molecule has 0 saturated heterocycles. The molecule has 0 aliphatic heterocycles. The molecule has 3 saturated carbocycles. The molecular formula is C21H22ClFN4O4. The van der Waals surface area contributed by atoms with Gasteiger partial charge in [-0.15, -0.1) is 0 Å². The Morgan fingerprint density at radius 1 is 1.23 bits per heavy atom. The van der Waals surface area contributed by atoms with Gasteiger partial charge in [-0.05, 0) is 44.2 Å². The van der Waals surface area contributed by atoms with Crippen molar-refractivity contribution in [3.63, 3.8) is 0 Å². The number of aliphatic hydroxyl groups excluding tert-OH is 1. The first-order chi connectivity index (χ1) is 14.8. The van der Waals surface area contributed by atoms with Crippen LogP contribution in [0.1, 0.15) is 42.6 Å². The lowest BCUT2D eigenvalue weighted by Crippen LogP contribution is -2.70. The molecule has 10 heteroatoms. The van der Waals surface area contributed by atoms with Gasteiger partial charge >= 0.3 is 0 Å². The predicted molar refractivity (Wildman–Crippen MR) is 109 cm³/mol. The third-order valence-corrected chi connectivity index (χ3v) is 6.45. The standard InChI is InChI=1S/C21H22ClFN4O4/c22-14-2-1-13(9-15(14)23)31-12-18(29)26-21-5-3-20(4-6-21,10-17(21)28)27-19(30)16-11-24-7-8-25-16/h1-2,7-9,11,17,28H,3-6,10,12H2,(H,26,29)(H,27,30)/t17-,20?,21?/m0/s1. The summed E-state index contributed by atoms with van der Waals surface area (Å²) in [5.41, 5.74) is -1.10. The van der Waals surface area contributed by atoms with Gasteiger partial charge in [0.1, 0.15) is 17.3 Å². The lowest BCUT2D eigenvalue weighted by molar-refractivity contribution is -0.132. The van der Waals surface area contributed by atoms with Gasteiger partial charge in [-0.1, -0.05) is 11.6 Å². The summed E-state index contributed by atoms with van der Waals surface area (Å²) in [4.78, 5) is 32.9. The van der Waals surface area contributed by atoms with E-state index in [1.54, 1.807) is 0 Å². The molecule has 0 unspecified atom stereocenters. The number of hydrogen-bond donors (Lipinski definition) is 3. The molecule has 1 heterocycles. The molecule has 3 aliphatic carbocycles. The van der Waals surface area contributed by atoms with Gasteiger partial charge in [0.15, 0.2) is 6.61 Å². The van der Waals surface area contributed by atoms with Gasteiger partial charge in [-0.25, -0.2) is 9.37 Å². The highest BCUT2D eigenvalue weighted by atomic mass is 35.5. The van der Waals surface area contributed by atoms with Crippen LogP contribution in [0, 0.1) is 5.82 Å². The minimum absolute atomic E-state index is 0.0295. The van der Waals surface area contributed by atoms with E-state index < -0.39 is 28.9 Å². The van der Waals surface area contributed by atoms with Crippen molar-refractivity contribution in [3.8, 4) is 5.75 Å². The topological polar surface area (TPSA) is 113 Å². The van der Waals surface area contributed by atoms with Crippen LogP contribution >= 0.6 is 11.6 Å². The number of aromatic nitrogens is 2. The van der Waals surface area contributed by atoms with Gasteiger partial charge in [0, 0.05) is 24.0 Å². The minimum Gasteiger partial charge on any atom is -0.484 e. The molecule has 1 aromatic heterocycles. The normalized spacial score (nSPS) is 26.9. The van der Waals surface area contributed by atoms with Gasteiger partial charge in [-0.3, -0.25) is 14.6 Å². The van der Waals surface area contributed by atoms with E-state index in [1.807, 2.05) is 0 Å². The molecule has 1 aromatic carbocycles. The van der Waals surface area contributed by atoms with E-state index in [9.17, 15) is 19.1 Å². The van der Waals surface area contributed by atoms with Crippen LogP contribution in [0.4, 0.5) is 4.39 Å². The highest BCUT2D eigenvalue weighted by molar-refractivity contribution is 6.30. The number of aliphatic hydroxyl groups is 1. The Kier molecular flexibility index (Phi) is 5.81. The molecule has 2 amide bonds. The van der Waals surface area contributed by atoms with Crippen LogP contribution in [0.3, 0.4) is 0 Å². The molecule has 1 atom stereocenters. The molecule has 2 bridgehead atoms. The lowest BCUT2D eigenvalue weighted by atomic mass is 9.60. The summed E-state index contributed by atoms with van der Waals surface area (Å²) in [5, 5.41) is 16.7. The first-order valence-electron chi connectivity index (χ1n) is 9.96. The summed E-state index contributed by atoms with van der Waals surface area (Å²) >= 11 is 5.64. The van der Waals surface area contributed by atoms with Crippen molar-refractivity contribution in [3.05, 3.63) is 53.3 Å². The Balaban J connectivity index is 1.34. The zero-order chi connectivity index (χ0) is 22.1. The molecule has 3 fully saturated rings. The fourth-order valence-electron chi connectivity index (χ4n) is 4.41. The van der Waals surface area contributed by atoms with Crippen LogP contribution in [0.25, 0.3) is 0 Å². The van der Waals surface area contributed by atoms with Gasteiger partial charge in [0.2, 0.25) is 0 Å². The Hall–Kier alpha value is -2.78. The maximum absolute atomic E-state index is 13.5. The number of rotatable bonds is 6. The molecule has 164 valence electrons. The number of ether oxygens (including phenoxy) is 1. The van der Waals surface area contributed by atoms with E-state index in [-0.39, 0.29) is 29.0 Å². The lowest BCUT2D eigenvalue weighted by Gasteiger charge is -2.56. The van der Waals surface area contributed by atoms with Crippen LogP contribution in [0.15, 0.2) is 36.8 Å². The van der Waals surface area contributed by atoms with Gasteiger partial charge in [0.05, 0.1) is 22.9 Å². The fraction of sp³-hybridized carbons (Fsp3) is 0.429.